The van der Waals surface area contributed by atoms with Gasteiger partial charge in [-0.15, -0.1) is 0 Å². The van der Waals surface area contributed by atoms with E-state index >= 15 is 0 Å². The van der Waals surface area contributed by atoms with Crippen LogP contribution >= 0.6 is 0 Å². The van der Waals surface area contributed by atoms with Crippen molar-refractivity contribution in [3.05, 3.63) is 222 Å². The Kier molecular flexibility index (Phi) is 6.47. The van der Waals surface area contributed by atoms with E-state index < -0.39 is 5.41 Å². The van der Waals surface area contributed by atoms with Crippen LogP contribution in [-0.4, -0.2) is 14.1 Å². The highest BCUT2D eigenvalue weighted by atomic mass is 15.1. The first-order chi connectivity index (χ1) is 26.3. The Morgan fingerprint density at radius 1 is 0.396 bits per heavy atom. The molecule has 0 radical (unpaired) electrons. The molecule has 1 aliphatic heterocycles. The predicted molar refractivity (Wildman–Crippen MR) is 218 cm³/mol. The number of rotatable bonds is 5. The van der Waals surface area contributed by atoms with E-state index in [2.05, 4.69) is 209 Å². The third-order valence-electron chi connectivity index (χ3n) is 11.2. The van der Waals surface area contributed by atoms with E-state index in [4.69, 9.17) is 4.98 Å². The molecule has 53 heavy (non-hydrogen) atoms. The highest BCUT2D eigenvalue weighted by molar-refractivity contribution is 6.13. The van der Waals surface area contributed by atoms with E-state index in [-0.39, 0.29) is 0 Å². The molecule has 2 aromatic heterocycles. The van der Waals surface area contributed by atoms with Crippen molar-refractivity contribution in [2.75, 3.05) is 0 Å². The molecule has 0 saturated heterocycles. The van der Waals surface area contributed by atoms with Crippen LogP contribution in [0.2, 0.25) is 0 Å². The summed E-state index contributed by atoms with van der Waals surface area (Å²) >= 11 is 0. The second-order valence-corrected chi connectivity index (χ2v) is 13.9. The lowest BCUT2D eigenvalue weighted by molar-refractivity contribution is 0.728. The topological polar surface area (TPSA) is 22.8 Å². The summed E-state index contributed by atoms with van der Waals surface area (Å²) in [5.74, 6) is 0.932. The van der Waals surface area contributed by atoms with Crippen LogP contribution in [0.1, 0.15) is 22.3 Å². The molecule has 3 heteroatoms. The van der Waals surface area contributed by atoms with E-state index in [1.807, 2.05) is 0 Å². The van der Waals surface area contributed by atoms with Crippen LogP contribution in [0.25, 0.3) is 66.7 Å². The first-order valence-corrected chi connectivity index (χ1v) is 18.2. The van der Waals surface area contributed by atoms with E-state index in [9.17, 15) is 0 Å². The lowest BCUT2D eigenvalue weighted by atomic mass is 9.63. The molecule has 248 valence electrons. The first-order valence-electron chi connectivity index (χ1n) is 18.2. The van der Waals surface area contributed by atoms with Gasteiger partial charge in [-0.1, -0.05) is 152 Å². The van der Waals surface area contributed by atoms with Crippen LogP contribution < -0.4 is 0 Å². The molecule has 0 saturated carbocycles. The van der Waals surface area contributed by atoms with Gasteiger partial charge < -0.3 is 4.57 Å². The fourth-order valence-corrected chi connectivity index (χ4v) is 8.97. The van der Waals surface area contributed by atoms with Crippen LogP contribution in [-0.2, 0) is 5.41 Å². The average molecular weight is 676 g/mol. The molecule has 1 aliphatic rings. The van der Waals surface area contributed by atoms with Crippen molar-refractivity contribution in [1.29, 1.82) is 0 Å². The maximum Gasteiger partial charge on any atom is 0.145 e. The minimum absolute atomic E-state index is 0.543. The zero-order chi connectivity index (χ0) is 34.9. The summed E-state index contributed by atoms with van der Waals surface area (Å²) in [7, 11) is 0. The number of aromatic nitrogens is 3. The quantitative estimate of drug-likeness (QED) is 0.178. The van der Waals surface area contributed by atoms with Gasteiger partial charge in [-0.2, -0.15) is 0 Å². The summed E-state index contributed by atoms with van der Waals surface area (Å²) in [6, 6.07) is 72.7. The SMILES string of the molecule is c1ccc(-n2c(-c3ccc(-c4cc5c6c(c4)c4ccccc4n6-c4ccccc4C5(c4ccccc4)c4ccccc4)cc3)nc3ccccc32)cc1. The maximum absolute atomic E-state index is 5.14. The summed E-state index contributed by atoms with van der Waals surface area (Å²) in [6.45, 7) is 0. The number of hydrogen-bond donors (Lipinski definition) is 0. The summed E-state index contributed by atoms with van der Waals surface area (Å²) in [5.41, 5.74) is 14.8. The van der Waals surface area contributed by atoms with Gasteiger partial charge >= 0.3 is 0 Å². The second-order valence-electron chi connectivity index (χ2n) is 13.9. The second kappa shape index (κ2) is 11.5. The van der Waals surface area contributed by atoms with Crippen LogP contribution in [0.15, 0.2) is 200 Å². The monoisotopic (exact) mass is 675 g/mol. The van der Waals surface area contributed by atoms with Crippen LogP contribution in [0, 0.1) is 0 Å². The maximum atomic E-state index is 5.14. The zero-order valence-electron chi connectivity index (χ0n) is 28.9. The Labute approximate surface area is 307 Å². The van der Waals surface area contributed by atoms with Gasteiger partial charge in [-0.25, -0.2) is 4.98 Å². The van der Waals surface area contributed by atoms with Gasteiger partial charge in [0, 0.05) is 22.0 Å². The molecule has 0 aliphatic carbocycles. The predicted octanol–water partition coefficient (Wildman–Crippen LogP) is 12.2. The van der Waals surface area contributed by atoms with Crippen LogP contribution in [0.5, 0.6) is 0 Å². The smallest absolute Gasteiger partial charge is 0.145 e. The Balaban J connectivity index is 1.19. The summed E-state index contributed by atoms with van der Waals surface area (Å²) in [5, 5.41) is 2.51. The lowest BCUT2D eigenvalue weighted by Crippen LogP contribution is -2.35. The third kappa shape index (κ3) is 4.25. The third-order valence-corrected chi connectivity index (χ3v) is 11.2. The molecule has 11 rings (SSSR count). The number of nitrogens with zero attached hydrogens (tertiary/aromatic N) is 3. The van der Waals surface area contributed by atoms with Gasteiger partial charge in [0.25, 0.3) is 0 Å². The molecule has 0 unspecified atom stereocenters. The highest BCUT2D eigenvalue weighted by Crippen LogP contribution is 2.55. The molecule has 0 N–H and O–H groups in total. The standard InChI is InChI=1S/C50H33N3/c1-4-16-37(17-5-1)50(38-18-6-2-7-19-38)42-23-11-14-26-46(42)53-45-25-13-10-22-40(45)41-32-36(33-43(50)48(41)53)34-28-30-35(31-29-34)49-51-44-24-12-15-27-47(44)52(49)39-20-8-3-9-21-39/h1-33H. The molecular weight excluding hydrogens is 643 g/mol. The molecule has 0 fully saturated rings. The fourth-order valence-electron chi connectivity index (χ4n) is 8.97. The van der Waals surface area contributed by atoms with E-state index in [1.165, 1.54) is 60.9 Å². The average Bonchev–Trinajstić information content (AvgIpc) is 3.79. The largest absolute Gasteiger partial charge is 0.309 e. The van der Waals surface area contributed by atoms with Crippen LogP contribution in [0.4, 0.5) is 0 Å². The van der Waals surface area contributed by atoms with E-state index in [0.29, 0.717) is 0 Å². The molecular formula is C50H33N3. The van der Waals surface area contributed by atoms with Crippen molar-refractivity contribution in [1.82, 2.24) is 14.1 Å². The zero-order valence-corrected chi connectivity index (χ0v) is 28.9. The van der Waals surface area contributed by atoms with Crippen molar-refractivity contribution in [3.63, 3.8) is 0 Å². The Bertz CT molecular complexity index is 2930. The number of hydrogen-bond acceptors (Lipinski definition) is 1. The summed E-state index contributed by atoms with van der Waals surface area (Å²) < 4.78 is 4.77. The number of fused-ring (bicyclic) bond motifs is 6. The van der Waals surface area contributed by atoms with Crippen molar-refractivity contribution >= 4 is 32.8 Å². The van der Waals surface area contributed by atoms with Gasteiger partial charge in [-0.05, 0) is 81.9 Å². The van der Waals surface area contributed by atoms with Crippen molar-refractivity contribution in [3.8, 4) is 33.9 Å². The lowest BCUT2D eigenvalue weighted by Gasteiger charge is -2.42. The minimum atomic E-state index is -0.543. The molecule has 10 aromatic rings. The van der Waals surface area contributed by atoms with Crippen molar-refractivity contribution < 1.29 is 0 Å². The summed E-state index contributed by atoms with van der Waals surface area (Å²) in [6.07, 6.45) is 0. The first kappa shape index (κ1) is 29.7. The van der Waals surface area contributed by atoms with Gasteiger partial charge in [0.1, 0.15) is 5.82 Å². The molecule has 3 nitrogen and oxygen atoms in total. The van der Waals surface area contributed by atoms with Crippen LogP contribution in [0.3, 0.4) is 0 Å². The highest BCUT2D eigenvalue weighted by Gasteiger charge is 2.45. The van der Waals surface area contributed by atoms with E-state index in [1.54, 1.807) is 0 Å². The fraction of sp³-hybridized carbons (Fsp3) is 0.0200. The molecule has 8 aromatic carbocycles. The normalized spacial score (nSPS) is 13.1. The number of imidazole rings is 1. The Morgan fingerprint density at radius 2 is 0.981 bits per heavy atom. The Morgan fingerprint density at radius 3 is 1.72 bits per heavy atom. The molecule has 0 spiro atoms. The molecule has 3 heterocycles. The van der Waals surface area contributed by atoms with Gasteiger partial charge in [0.15, 0.2) is 0 Å². The van der Waals surface area contributed by atoms with Gasteiger partial charge in [-0.3, -0.25) is 4.57 Å². The van der Waals surface area contributed by atoms with Gasteiger partial charge in [0.2, 0.25) is 0 Å². The summed E-state index contributed by atoms with van der Waals surface area (Å²) in [4.78, 5) is 5.14. The van der Waals surface area contributed by atoms with E-state index in [0.717, 1.165) is 28.1 Å². The number of para-hydroxylation sites is 5. The molecule has 0 atom stereocenters. The minimum Gasteiger partial charge on any atom is -0.309 e. The molecule has 0 bridgehead atoms. The Hall–Kier alpha value is -6.97. The van der Waals surface area contributed by atoms with Crippen molar-refractivity contribution in [2.24, 2.45) is 0 Å². The number of benzene rings is 8. The van der Waals surface area contributed by atoms with Gasteiger partial charge in [0.05, 0.1) is 33.2 Å². The van der Waals surface area contributed by atoms with Crippen molar-refractivity contribution in [2.45, 2.75) is 5.41 Å². The molecule has 0 amide bonds.